The van der Waals surface area contributed by atoms with Crippen LogP contribution in [0.2, 0.25) is 0 Å². The van der Waals surface area contributed by atoms with E-state index in [1.54, 1.807) is 4.90 Å². The molecule has 0 radical (unpaired) electrons. The Kier molecular flexibility index (Phi) is 28.4. The zero-order valence-electron chi connectivity index (χ0n) is 37.7. The van der Waals surface area contributed by atoms with E-state index in [2.05, 4.69) is 62.5 Å². The van der Waals surface area contributed by atoms with Crippen molar-refractivity contribution in [2.45, 2.75) is 225 Å². The zero-order chi connectivity index (χ0) is 41.2. The molecule has 1 aromatic carbocycles. The first-order valence-corrected chi connectivity index (χ1v) is 24.4. The van der Waals surface area contributed by atoms with E-state index < -0.39 is 5.79 Å². The van der Waals surface area contributed by atoms with Crippen LogP contribution >= 0.6 is 0 Å². The first-order valence-electron chi connectivity index (χ1n) is 24.4. The van der Waals surface area contributed by atoms with E-state index in [1.807, 2.05) is 37.4 Å². The Labute approximate surface area is 357 Å². The largest absolute Gasteiger partial charge is 0.445 e. The third-order valence-corrected chi connectivity index (χ3v) is 12.1. The molecule has 2 aliphatic rings. The Morgan fingerprint density at radius 3 is 1.60 bits per heavy atom. The van der Waals surface area contributed by atoms with Gasteiger partial charge in [-0.05, 0) is 108 Å². The maximum absolute atomic E-state index is 12.8. The van der Waals surface area contributed by atoms with Gasteiger partial charge >= 0.3 is 6.09 Å². The summed E-state index contributed by atoms with van der Waals surface area (Å²) < 4.78 is 19.6. The lowest BCUT2D eigenvalue weighted by Crippen LogP contribution is -2.38. The average molecular weight is 802 g/mol. The molecule has 3 rings (SSSR count). The molecule has 328 valence electrons. The number of hydrogen-bond donors (Lipinski definition) is 0. The number of rotatable bonds is 34. The quantitative estimate of drug-likeness (QED) is 0.0514. The van der Waals surface area contributed by atoms with Crippen molar-refractivity contribution in [2.24, 2.45) is 5.92 Å². The topological polar surface area (TPSA) is 48.0 Å². The molecule has 0 unspecified atom stereocenters. The summed E-state index contributed by atoms with van der Waals surface area (Å²) in [6.45, 7) is 5.54. The van der Waals surface area contributed by atoms with E-state index in [9.17, 15) is 4.79 Å². The van der Waals surface area contributed by atoms with Gasteiger partial charge in [-0.2, -0.15) is 0 Å². The molecule has 5 nitrogen and oxygen atoms in total. The van der Waals surface area contributed by atoms with Gasteiger partial charge < -0.3 is 19.1 Å². The average Bonchev–Trinajstić information content (AvgIpc) is 3.60. The molecule has 58 heavy (non-hydrogen) atoms. The number of fused-ring (bicyclic) bond motifs is 1. The highest BCUT2D eigenvalue weighted by molar-refractivity contribution is 5.67. The Balaban J connectivity index is 1.36. The summed E-state index contributed by atoms with van der Waals surface area (Å²) in [5.41, 5.74) is 1.01. The predicted octanol–water partition coefficient (Wildman–Crippen LogP) is 15.9. The third-order valence-electron chi connectivity index (χ3n) is 12.1. The van der Waals surface area contributed by atoms with Crippen LogP contribution in [0.15, 0.2) is 78.9 Å². The Hall–Kier alpha value is -2.63. The minimum atomic E-state index is -0.435. The van der Waals surface area contributed by atoms with Crippen molar-refractivity contribution in [1.29, 1.82) is 0 Å². The molecule has 5 heteroatoms. The highest BCUT2D eigenvalue weighted by Crippen LogP contribution is 2.44. The van der Waals surface area contributed by atoms with Crippen molar-refractivity contribution in [3.8, 4) is 0 Å². The second-order valence-corrected chi connectivity index (χ2v) is 17.5. The van der Waals surface area contributed by atoms with Crippen LogP contribution in [0.4, 0.5) is 4.79 Å². The summed E-state index contributed by atoms with van der Waals surface area (Å²) >= 11 is 0. The fourth-order valence-corrected chi connectivity index (χ4v) is 8.61. The summed E-state index contributed by atoms with van der Waals surface area (Å²) in [5, 5.41) is 0. The van der Waals surface area contributed by atoms with Gasteiger partial charge in [-0.1, -0.05) is 170 Å². The summed E-state index contributed by atoms with van der Waals surface area (Å²) in [6, 6.07) is 9.91. The molecular formula is C53H87NO4. The standard InChI is InChI=1S/C53H87NO4/c1-4-6-8-10-12-14-16-18-20-22-24-26-28-30-32-37-43-53(44-38-33-31-29-27-25-23-21-19-17-15-13-11-9-7-5-2)57-50-42-41-49(45-51(50)58-53)46-54(3)52(55)56-47-48-39-35-34-36-40-48/h12-15,18-21,34-36,39-40,49-51H,4-11,16-17,22-33,37-38,41-47H2,1-3H3/b14-12-,15-13-,20-18-,21-19-/t49-,50-,51+/m0/s1. The molecule has 0 spiro atoms. The molecule has 0 aromatic heterocycles. The Morgan fingerprint density at radius 2 is 1.09 bits per heavy atom. The number of carbonyl (C=O) groups excluding carboxylic acids is 1. The molecule has 2 fully saturated rings. The molecule has 1 aliphatic heterocycles. The van der Waals surface area contributed by atoms with Crippen molar-refractivity contribution in [2.75, 3.05) is 13.6 Å². The van der Waals surface area contributed by atoms with Gasteiger partial charge in [0.1, 0.15) is 6.61 Å². The maximum atomic E-state index is 12.8. The van der Waals surface area contributed by atoms with Crippen molar-refractivity contribution >= 4 is 6.09 Å². The van der Waals surface area contributed by atoms with Gasteiger partial charge in [0.15, 0.2) is 5.79 Å². The lowest BCUT2D eigenvalue weighted by Gasteiger charge is -2.31. The molecule has 1 heterocycles. The van der Waals surface area contributed by atoms with Crippen molar-refractivity contribution in [3.63, 3.8) is 0 Å². The molecule has 0 N–H and O–H groups in total. The summed E-state index contributed by atoms with van der Waals surface area (Å²) in [5.74, 6) is -0.0338. The SMILES string of the molecule is CCCCC/C=C\C/C=C\CCCCCCCCC1(CCCCCCCC/C=C\C/C=C\CCCCC)O[C@H]2CC[C@H](CN(C)C(=O)OCc3ccccc3)C[C@H]2O1. The van der Waals surface area contributed by atoms with Crippen molar-refractivity contribution < 1.29 is 19.0 Å². The molecule has 1 saturated heterocycles. The number of unbranched alkanes of at least 4 members (excludes halogenated alkanes) is 18. The smallest absolute Gasteiger partial charge is 0.409 e. The molecule has 0 bridgehead atoms. The normalized spacial score (nSPS) is 19.3. The summed E-state index contributed by atoms with van der Waals surface area (Å²) in [7, 11) is 1.87. The van der Waals surface area contributed by atoms with Crippen molar-refractivity contribution in [1.82, 2.24) is 4.90 Å². The van der Waals surface area contributed by atoms with Crippen molar-refractivity contribution in [3.05, 3.63) is 84.5 Å². The number of carbonyl (C=O) groups is 1. The monoisotopic (exact) mass is 802 g/mol. The highest BCUT2D eigenvalue weighted by Gasteiger charge is 2.49. The van der Waals surface area contributed by atoms with Crippen LogP contribution in [0, 0.1) is 5.92 Å². The van der Waals surface area contributed by atoms with E-state index in [0.717, 1.165) is 50.5 Å². The second-order valence-electron chi connectivity index (χ2n) is 17.5. The number of amides is 1. The Bertz CT molecular complexity index is 1210. The van der Waals surface area contributed by atoms with E-state index in [1.165, 1.54) is 141 Å². The fraction of sp³-hybridized carbons (Fsp3) is 0.717. The van der Waals surface area contributed by atoms with Gasteiger partial charge in [0.25, 0.3) is 0 Å². The van der Waals surface area contributed by atoms with Crippen LogP contribution in [-0.4, -0.2) is 42.6 Å². The first-order chi connectivity index (χ1) is 28.5. The van der Waals surface area contributed by atoms with E-state index in [-0.39, 0.29) is 18.3 Å². The highest BCUT2D eigenvalue weighted by atomic mass is 16.8. The maximum Gasteiger partial charge on any atom is 0.409 e. The van der Waals surface area contributed by atoms with Gasteiger partial charge in [0, 0.05) is 26.4 Å². The third kappa shape index (κ3) is 23.2. The number of benzene rings is 1. The first kappa shape index (κ1) is 49.7. The van der Waals surface area contributed by atoms with E-state index in [4.69, 9.17) is 14.2 Å². The van der Waals surface area contributed by atoms with Crippen LogP contribution in [0.3, 0.4) is 0 Å². The van der Waals surface area contributed by atoms with Crippen LogP contribution in [0.25, 0.3) is 0 Å². The molecule has 1 aliphatic carbocycles. The molecule has 3 atom stereocenters. The van der Waals surface area contributed by atoms with E-state index >= 15 is 0 Å². The van der Waals surface area contributed by atoms with Gasteiger partial charge in [-0.25, -0.2) is 4.79 Å². The Morgan fingerprint density at radius 1 is 0.621 bits per heavy atom. The summed E-state index contributed by atoms with van der Waals surface area (Å²) in [6.07, 6.45) is 54.2. The number of ether oxygens (including phenoxy) is 3. The molecule has 1 aromatic rings. The van der Waals surface area contributed by atoms with Gasteiger partial charge in [0.05, 0.1) is 12.2 Å². The predicted molar refractivity (Wildman–Crippen MR) is 247 cm³/mol. The summed E-state index contributed by atoms with van der Waals surface area (Å²) in [4.78, 5) is 14.6. The van der Waals surface area contributed by atoms with Gasteiger partial charge in [0.2, 0.25) is 0 Å². The zero-order valence-corrected chi connectivity index (χ0v) is 37.7. The van der Waals surface area contributed by atoms with Gasteiger partial charge in [-0.15, -0.1) is 0 Å². The van der Waals surface area contributed by atoms with E-state index in [0.29, 0.717) is 19.1 Å². The molecule has 1 saturated carbocycles. The lowest BCUT2D eigenvalue weighted by atomic mass is 9.85. The van der Waals surface area contributed by atoms with Gasteiger partial charge in [-0.3, -0.25) is 0 Å². The van der Waals surface area contributed by atoms with Crippen LogP contribution < -0.4 is 0 Å². The number of allylic oxidation sites excluding steroid dienone is 8. The molecule has 1 amide bonds. The number of nitrogens with zero attached hydrogens (tertiary/aromatic N) is 1. The fourth-order valence-electron chi connectivity index (χ4n) is 8.61. The van der Waals surface area contributed by atoms with Crippen LogP contribution in [0.5, 0.6) is 0 Å². The second kappa shape index (κ2) is 33.1. The minimum Gasteiger partial charge on any atom is -0.445 e. The molecular weight excluding hydrogens is 715 g/mol. The lowest BCUT2D eigenvalue weighted by molar-refractivity contribution is -0.186. The van der Waals surface area contributed by atoms with Crippen LogP contribution in [0.1, 0.15) is 206 Å². The number of hydrogen-bond acceptors (Lipinski definition) is 4. The minimum absolute atomic E-state index is 0.127. The van der Waals surface area contributed by atoms with Crippen LogP contribution in [-0.2, 0) is 20.8 Å².